The van der Waals surface area contributed by atoms with Crippen LogP contribution in [0.4, 0.5) is 0 Å². The largest absolute Gasteiger partial charge is 0.465 e. The summed E-state index contributed by atoms with van der Waals surface area (Å²) in [5.74, 6) is 0.449. The number of carbonyl (C=O) groups is 1. The first-order valence-corrected chi connectivity index (χ1v) is 13.0. The Labute approximate surface area is 213 Å². The molecule has 0 saturated carbocycles. The molecule has 37 heavy (non-hydrogen) atoms. The zero-order chi connectivity index (χ0) is 26.0. The van der Waals surface area contributed by atoms with Gasteiger partial charge >= 0.3 is 5.97 Å². The summed E-state index contributed by atoms with van der Waals surface area (Å²) in [4.78, 5) is 27.7. The Hall–Kier alpha value is -4.15. The highest BCUT2D eigenvalue weighted by Crippen LogP contribution is 2.35. The predicted molar refractivity (Wildman–Crippen MR) is 136 cm³/mol. The number of esters is 1. The molecule has 0 atom stereocenters. The van der Waals surface area contributed by atoms with Crippen molar-refractivity contribution in [1.82, 2.24) is 9.29 Å². The number of sulfonamides is 1. The third kappa shape index (κ3) is 5.07. The highest BCUT2D eigenvalue weighted by molar-refractivity contribution is 7.89. The van der Waals surface area contributed by atoms with Crippen LogP contribution in [0.3, 0.4) is 0 Å². The maximum absolute atomic E-state index is 13.8. The zero-order valence-corrected chi connectivity index (χ0v) is 20.8. The maximum atomic E-state index is 13.8. The Bertz CT molecular complexity index is 1630. The molecule has 0 unspecified atom stereocenters. The van der Waals surface area contributed by atoms with Crippen molar-refractivity contribution >= 4 is 26.9 Å². The fourth-order valence-corrected chi connectivity index (χ4v) is 5.65. The van der Waals surface area contributed by atoms with Gasteiger partial charge in [0, 0.05) is 30.1 Å². The Morgan fingerprint density at radius 3 is 2.51 bits per heavy atom. The lowest BCUT2D eigenvalue weighted by Crippen LogP contribution is -2.34. The number of nitrogens with zero attached hydrogens (tertiary/aromatic N) is 1. The van der Waals surface area contributed by atoms with E-state index in [4.69, 9.17) is 14.2 Å². The number of pyridine rings is 1. The number of hydrogen-bond donors (Lipinski definition) is 1. The van der Waals surface area contributed by atoms with Crippen LogP contribution < -0.4 is 15.0 Å². The highest BCUT2D eigenvalue weighted by Gasteiger charge is 2.27. The molecular weight excluding hydrogens is 496 g/mol. The van der Waals surface area contributed by atoms with Gasteiger partial charge in [0.05, 0.1) is 23.1 Å². The van der Waals surface area contributed by atoms with Gasteiger partial charge in [-0.15, -0.1) is 0 Å². The normalized spacial score (nSPS) is 12.7. The van der Waals surface area contributed by atoms with Gasteiger partial charge in [0.15, 0.2) is 11.5 Å². The summed E-state index contributed by atoms with van der Waals surface area (Å²) in [6, 6.07) is 20.2. The van der Waals surface area contributed by atoms with Crippen LogP contribution in [0.15, 0.2) is 82.5 Å². The standard InChI is InChI=1S/C27H24N2O7S/c1-34-27(31)19-8-5-9-22(13-19)37(32,33)29(11-10-18-6-3-2-4-7-18)16-21-12-20-14-24-25(36-17-35-24)15-23(20)28-26(21)30/h2-9,12-15H,10-11,16-17H2,1H3,(H,28,30). The maximum Gasteiger partial charge on any atom is 0.337 e. The molecule has 0 spiro atoms. The molecule has 2 heterocycles. The van der Waals surface area contributed by atoms with E-state index in [2.05, 4.69) is 4.98 Å². The Kier molecular flexibility index (Phi) is 6.68. The third-order valence-corrected chi connectivity index (χ3v) is 7.99. The fraction of sp³-hybridized carbons (Fsp3) is 0.185. The van der Waals surface area contributed by atoms with Crippen molar-refractivity contribution in [3.63, 3.8) is 0 Å². The van der Waals surface area contributed by atoms with E-state index in [0.29, 0.717) is 28.8 Å². The summed E-state index contributed by atoms with van der Waals surface area (Å²) < 4.78 is 44.4. The summed E-state index contributed by atoms with van der Waals surface area (Å²) in [5, 5.41) is 0.687. The fourth-order valence-electron chi connectivity index (χ4n) is 4.18. The van der Waals surface area contributed by atoms with Gasteiger partial charge in [-0.25, -0.2) is 13.2 Å². The molecule has 0 fully saturated rings. The van der Waals surface area contributed by atoms with E-state index in [0.717, 1.165) is 5.56 Å². The lowest BCUT2D eigenvalue weighted by atomic mass is 10.1. The number of methoxy groups -OCH3 is 1. The second kappa shape index (κ2) is 10.1. The summed E-state index contributed by atoms with van der Waals surface area (Å²) >= 11 is 0. The van der Waals surface area contributed by atoms with Gasteiger partial charge in [0.25, 0.3) is 5.56 Å². The number of hydrogen-bond acceptors (Lipinski definition) is 7. The molecule has 1 aliphatic rings. The molecule has 1 aliphatic heterocycles. The number of aromatic amines is 1. The van der Waals surface area contributed by atoms with Crippen molar-refractivity contribution in [2.45, 2.75) is 17.9 Å². The lowest BCUT2D eigenvalue weighted by molar-refractivity contribution is 0.0600. The minimum atomic E-state index is -4.09. The minimum Gasteiger partial charge on any atom is -0.465 e. The molecule has 5 rings (SSSR count). The van der Waals surface area contributed by atoms with E-state index in [1.165, 1.54) is 35.7 Å². The molecular formula is C27H24N2O7S. The van der Waals surface area contributed by atoms with Crippen LogP contribution in [0.2, 0.25) is 0 Å². The van der Waals surface area contributed by atoms with E-state index < -0.39 is 21.6 Å². The quantitative estimate of drug-likeness (QED) is 0.354. The van der Waals surface area contributed by atoms with Crippen LogP contribution in [0.5, 0.6) is 11.5 Å². The molecule has 0 saturated heterocycles. The van der Waals surface area contributed by atoms with E-state index in [1.807, 2.05) is 30.3 Å². The average Bonchev–Trinajstić information content (AvgIpc) is 3.37. The van der Waals surface area contributed by atoms with E-state index >= 15 is 0 Å². The molecule has 4 aromatic rings. The van der Waals surface area contributed by atoms with E-state index in [9.17, 15) is 18.0 Å². The summed E-state index contributed by atoms with van der Waals surface area (Å²) in [6.07, 6.45) is 0.431. The minimum absolute atomic E-state index is 0.0657. The van der Waals surface area contributed by atoms with Crippen molar-refractivity contribution < 1.29 is 27.4 Å². The molecule has 0 bridgehead atoms. The second-order valence-electron chi connectivity index (χ2n) is 8.51. The molecule has 0 aliphatic carbocycles. The summed E-state index contributed by atoms with van der Waals surface area (Å²) in [6.45, 7) is 0.0453. The third-order valence-electron chi connectivity index (χ3n) is 6.15. The number of carbonyl (C=O) groups excluding carboxylic acids is 1. The van der Waals surface area contributed by atoms with Crippen LogP contribution in [-0.4, -0.2) is 44.1 Å². The number of ether oxygens (including phenoxy) is 3. The summed E-state index contributed by atoms with van der Waals surface area (Å²) in [7, 11) is -2.85. The van der Waals surface area contributed by atoms with Gasteiger partial charge in [-0.1, -0.05) is 36.4 Å². The van der Waals surface area contributed by atoms with Gasteiger partial charge < -0.3 is 19.2 Å². The number of H-pyrrole nitrogens is 1. The molecule has 0 amide bonds. The molecule has 10 heteroatoms. The zero-order valence-electron chi connectivity index (χ0n) is 20.0. The van der Waals surface area contributed by atoms with Crippen molar-refractivity contribution in [1.29, 1.82) is 0 Å². The van der Waals surface area contributed by atoms with E-state index in [1.54, 1.807) is 18.2 Å². The molecule has 0 radical (unpaired) electrons. The van der Waals surface area contributed by atoms with Crippen molar-refractivity contribution in [3.8, 4) is 11.5 Å². The topological polar surface area (TPSA) is 115 Å². The average molecular weight is 521 g/mol. The predicted octanol–water partition coefficient (Wildman–Crippen LogP) is 3.48. The van der Waals surface area contributed by atoms with Crippen LogP contribution in [0.25, 0.3) is 10.9 Å². The molecule has 190 valence electrons. The van der Waals surface area contributed by atoms with Crippen molar-refractivity contribution in [2.24, 2.45) is 0 Å². The van der Waals surface area contributed by atoms with Gasteiger partial charge in [0.1, 0.15) is 0 Å². The number of fused-ring (bicyclic) bond motifs is 2. The molecule has 1 aromatic heterocycles. The van der Waals surface area contributed by atoms with Gasteiger partial charge in [-0.2, -0.15) is 4.31 Å². The Morgan fingerprint density at radius 1 is 1.00 bits per heavy atom. The Morgan fingerprint density at radius 2 is 1.76 bits per heavy atom. The number of nitrogens with one attached hydrogen (secondary N) is 1. The highest BCUT2D eigenvalue weighted by atomic mass is 32.2. The SMILES string of the molecule is COC(=O)c1cccc(S(=O)(=O)N(CCc2ccccc2)Cc2cc3cc4c(cc3[nH]c2=O)OCO4)c1. The van der Waals surface area contributed by atoms with Gasteiger partial charge in [-0.3, -0.25) is 4.79 Å². The number of aromatic nitrogens is 1. The number of benzene rings is 3. The monoisotopic (exact) mass is 520 g/mol. The second-order valence-corrected chi connectivity index (χ2v) is 10.4. The number of rotatable bonds is 8. The summed E-state index contributed by atoms with van der Waals surface area (Å²) in [5.41, 5.74) is 1.49. The molecule has 3 aromatic carbocycles. The first-order chi connectivity index (χ1) is 17.8. The smallest absolute Gasteiger partial charge is 0.337 e. The van der Waals surface area contributed by atoms with Gasteiger partial charge in [-0.05, 0) is 42.3 Å². The van der Waals surface area contributed by atoms with Crippen LogP contribution >= 0.6 is 0 Å². The lowest BCUT2D eigenvalue weighted by Gasteiger charge is -2.22. The van der Waals surface area contributed by atoms with E-state index in [-0.39, 0.29) is 35.9 Å². The van der Waals surface area contributed by atoms with Crippen molar-refractivity contribution in [3.05, 3.63) is 99.8 Å². The molecule has 9 nitrogen and oxygen atoms in total. The van der Waals surface area contributed by atoms with Crippen LogP contribution in [0.1, 0.15) is 21.5 Å². The first-order valence-electron chi connectivity index (χ1n) is 11.5. The van der Waals surface area contributed by atoms with Crippen LogP contribution in [0, 0.1) is 0 Å². The van der Waals surface area contributed by atoms with Crippen LogP contribution in [-0.2, 0) is 27.7 Å². The molecule has 1 N–H and O–H groups in total. The van der Waals surface area contributed by atoms with Gasteiger partial charge in [0.2, 0.25) is 16.8 Å². The first kappa shape index (κ1) is 24.5. The Balaban J connectivity index is 1.52. The van der Waals surface area contributed by atoms with Crippen molar-refractivity contribution in [2.75, 3.05) is 20.4 Å².